The average Bonchev–Trinajstić information content (AvgIpc) is 2.88. The summed E-state index contributed by atoms with van der Waals surface area (Å²) in [5.41, 5.74) is 4.50. The number of rotatable bonds is 0. The van der Waals surface area contributed by atoms with Crippen LogP contribution in [0.15, 0.2) is 24.3 Å². The van der Waals surface area contributed by atoms with Gasteiger partial charge in [-0.15, -0.1) is 0 Å². The fourth-order valence-electron chi connectivity index (χ4n) is 5.63. The zero-order chi connectivity index (χ0) is 13.5. The van der Waals surface area contributed by atoms with Gasteiger partial charge in [-0.05, 0) is 0 Å². The van der Waals surface area contributed by atoms with E-state index in [9.17, 15) is 0 Å². The van der Waals surface area contributed by atoms with Gasteiger partial charge < -0.3 is 0 Å². The Labute approximate surface area is 124 Å². The fraction of sp³-hybridized carbons (Fsp3) is 0.611. The Bertz CT molecular complexity index is 558. The number of fused-ring (bicyclic) bond motifs is 4. The van der Waals surface area contributed by atoms with Crippen LogP contribution in [-0.4, -0.2) is 20.0 Å². The molecule has 0 N–H and O–H groups in total. The van der Waals surface area contributed by atoms with Gasteiger partial charge in [0.15, 0.2) is 0 Å². The summed E-state index contributed by atoms with van der Waals surface area (Å²) in [4.78, 5) is 0. The summed E-state index contributed by atoms with van der Waals surface area (Å²) in [6, 6.07) is 9.10. The van der Waals surface area contributed by atoms with Gasteiger partial charge in [-0.3, -0.25) is 0 Å². The maximum atomic E-state index is 3.55. The Morgan fingerprint density at radius 2 is 1.63 bits per heavy atom. The van der Waals surface area contributed by atoms with Crippen molar-refractivity contribution in [3.05, 3.63) is 35.4 Å². The van der Waals surface area contributed by atoms with Crippen molar-refractivity contribution < 1.29 is 0 Å². The summed E-state index contributed by atoms with van der Waals surface area (Å²) >= 11 is 3.55. The van der Waals surface area contributed by atoms with Crippen LogP contribution in [0.25, 0.3) is 0 Å². The fourth-order valence-corrected chi connectivity index (χ4v) is 7.00. The van der Waals surface area contributed by atoms with Crippen molar-refractivity contribution in [2.75, 3.05) is 0 Å². The molecule has 0 heterocycles. The third kappa shape index (κ3) is 1.21. The summed E-state index contributed by atoms with van der Waals surface area (Å²) in [6.07, 6.45) is 5.35. The van der Waals surface area contributed by atoms with Crippen LogP contribution >= 0.6 is 0 Å². The second-order valence-corrected chi connectivity index (χ2v) is 8.61. The van der Waals surface area contributed by atoms with Crippen LogP contribution in [0.1, 0.15) is 44.7 Å². The van der Waals surface area contributed by atoms with Crippen molar-refractivity contribution in [3.8, 4) is 0 Å². The zero-order valence-corrected chi connectivity index (χ0v) is 13.8. The molecule has 0 unspecified atom stereocenters. The standard InChI is InChI=1S/C18H22Se/c1-16(2)14-8-9-17(16,3)15(19)18(14)10-12-6-4-5-7-13(12)11-18/h4-7,14H,8-11H2,1-3H3/t14-,17+/m1/s1. The first-order valence-electron chi connectivity index (χ1n) is 7.53. The molecule has 3 aliphatic rings. The van der Waals surface area contributed by atoms with Crippen molar-refractivity contribution in [1.82, 2.24) is 0 Å². The molecule has 0 amide bonds. The Hall–Kier alpha value is -0.391. The molecular formula is C18H22Se. The first-order chi connectivity index (χ1) is 8.92. The van der Waals surface area contributed by atoms with E-state index in [-0.39, 0.29) is 0 Å². The maximum absolute atomic E-state index is 3.55. The molecule has 1 spiro atoms. The minimum absolute atomic E-state index is 0.416. The molecule has 0 aliphatic heterocycles. The number of benzene rings is 1. The van der Waals surface area contributed by atoms with E-state index in [1.54, 1.807) is 15.5 Å². The van der Waals surface area contributed by atoms with E-state index in [2.05, 4.69) is 60.6 Å². The van der Waals surface area contributed by atoms with Gasteiger partial charge in [-0.25, -0.2) is 0 Å². The average molecular weight is 317 g/mol. The summed E-state index contributed by atoms with van der Waals surface area (Å²) in [5.74, 6) is 0.855. The molecule has 2 saturated carbocycles. The molecule has 2 fully saturated rings. The topological polar surface area (TPSA) is 0 Å². The Morgan fingerprint density at radius 1 is 1.05 bits per heavy atom. The molecule has 1 heteroatoms. The second kappa shape index (κ2) is 3.43. The summed E-state index contributed by atoms with van der Waals surface area (Å²) in [7, 11) is 0. The van der Waals surface area contributed by atoms with Gasteiger partial charge in [-0.2, -0.15) is 0 Å². The monoisotopic (exact) mass is 318 g/mol. The molecular weight excluding hydrogens is 295 g/mol. The number of hydrogen-bond donors (Lipinski definition) is 0. The SMILES string of the molecule is CC1(C)[C@H]2CC[C@@]1(C)C(=[Se])C21Cc2ccccc2C1. The van der Waals surface area contributed by atoms with Crippen LogP contribution in [0.5, 0.6) is 0 Å². The molecule has 100 valence electrons. The Balaban J connectivity index is 1.86. The predicted molar refractivity (Wildman–Crippen MR) is 81.7 cm³/mol. The molecule has 19 heavy (non-hydrogen) atoms. The third-order valence-electron chi connectivity index (χ3n) is 6.98. The van der Waals surface area contributed by atoms with Crippen molar-refractivity contribution in [2.24, 2.45) is 22.2 Å². The van der Waals surface area contributed by atoms with Crippen LogP contribution in [0, 0.1) is 22.2 Å². The van der Waals surface area contributed by atoms with E-state index in [0.717, 1.165) is 5.92 Å². The van der Waals surface area contributed by atoms with Gasteiger partial charge in [0.25, 0.3) is 0 Å². The molecule has 1 aromatic carbocycles. The first-order valence-corrected chi connectivity index (χ1v) is 8.39. The molecule has 0 nitrogen and oxygen atoms in total. The molecule has 0 aromatic heterocycles. The molecule has 2 bridgehead atoms. The van der Waals surface area contributed by atoms with Gasteiger partial charge in [-0.1, -0.05) is 0 Å². The molecule has 0 radical (unpaired) electrons. The molecule has 2 atom stereocenters. The van der Waals surface area contributed by atoms with Crippen LogP contribution < -0.4 is 0 Å². The van der Waals surface area contributed by atoms with Crippen LogP contribution in [0.4, 0.5) is 0 Å². The van der Waals surface area contributed by atoms with Crippen molar-refractivity contribution in [2.45, 2.75) is 46.5 Å². The van der Waals surface area contributed by atoms with Crippen LogP contribution in [0.3, 0.4) is 0 Å². The number of hydrogen-bond acceptors (Lipinski definition) is 0. The van der Waals surface area contributed by atoms with Crippen molar-refractivity contribution >= 4 is 20.0 Å². The zero-order valence-electron chi connectivity index (χ0n) is 12.1. The second-order valence-electron chi connectivity index (χ2n) is 7.75. The normalized spacial score (nSPS) is 37.0. The van der Waals surface area contributed by atoms with Crippen LogP contribution in [0.2, 0.25) is 0 Å². The quantitative estimate of drug-likeness (QED) is 0.642. The van der Waals surface area contributed by atoms with E-state index >= 15 is 0 Å². The van der Waals surface area contributed by atoms with Gasteiger partial charge >= 0.3 is 124 Å². The minimum atomic E-state index is 0.416. The first kappa shape index (κ1) is 12.4. The third-order valence-corrected chi connectivity index (χ3v) is 8.78. The molecule has 3 aliphatic carbocycles. The van der Waals surface area contributed by atoms with E-state index in [1.807, 2.05) is 0 Å². The van der Waals surface area contributed by atoms with E-state index in [1.165, 1.54) is 25.7 Å². The van der Waals surface area contributed by atoms with Crippen LogP contribution in [-0.2, 0) is 12.8 Å². The van der Waals surface area contributed by atoms with Gasteiger partial charge in [0, 0.05) is 0 Å². The van der Waals surface area contributed by atoms with Gasteiger partial charge in [0.2, 0.25) is 0 Å². The van der Waals surface area contributed by atoms with Crippen molar-refractivity contribution in [1.29, 1.82) is 0 Å². The molecule has 1 aromatic rings. The summed E-state index contributed by atoms with van der Waals surface area (Å²) in [6.45, 7) is 7.54. The summed E-state index contributed by atoms with van der Waals surface area (Å²) in [5, 5.41) is 0. The van der Waals surface area contributed by atoms with E-state index in [0.29, 0.717) is 16.2 Å². The van der Waals surface area contributed by atoms with Gasteiger partial charge in [0.05, 0.1) is 0 Å². The predicted octanol–water partition coefficient (Wildman–Crippen LogP) is 3.57. The molecule has 0 saturated heterocycles. The Kier molecular flexibility index (Phi) is 2.23. The van der Waals surface area contributed by atoms with E-state index in [4.69, 9.17) is 0 Å². The van der Waals surface area contributed by atoms with Crippen molar-refractivity contribution in [3.63, 3.8) is 0 Å². The summed E-state index contributed by atoms with van der Waals surface area (Å²) < 4.78 is 1.69. The Morgan fingerprint density at radius 3 is 2.11 bits per heavy atom. The van der Waals surface area contributed by atoms with Gasteiger partial charge in [0.1, 0.15) is 0 Å². The molecule has 4 rings (SSSR count). The van der Waals surface area contributed by atoms with E-state index < -0.39 is 0 Å².